The Morgan fingerprint density at radius 2 is 1.77 bits per heavy atom. The molecule has 1 fully saturated rings. The summed E-state index contributed by atoms with van der Waals surface area (Å²) >= 11 is 0. The van der Waals surface area contributed by atoms with Crippen molar-refractivity contribution in [2.45, 2.75) is 12.8 Å². The van der Waals surface area contributed by atoms with Crippen molar-refractivity contribution in [1.82, 2.24) is 9.80 Å². The summed E-state index contributed by atoms with van der Waals surface area (Å²) in [6, 6.07) is 10.9. The molecule has 1 amide bonds. The summed E-state index contributed by atoms with van der Waals surface area (Å²) in [4.78, 5) is 29.9. The van der Waals surface area contributed by atoms with E-state index in [9.17, 15) is 14.0 Å². The molecule has 160 valence electrons. The first-order valence-electron chi connectivity index (χ1n) is 10.2. The number of ether oxygens (including phenoxy) is 1. The molecule has 0 aromatic heterocycles. The van der Waals surface area contributed by atoms with Crippen LogP contribution in [-0.2, 0) is 0 Å². The third-order valence-electron chi connectivity index (χ3n) is 5.37. The maximum absolute atomic E-state index is 14.5. The molecule has 6 nitrogen and oxygen atoms in total. The highest BCUT2D eigenvalue weighted by Gasteiger charge is 2.20. The van der Waals surface area contributed by atoms with Crippen LogP contribution >= 0.6 is 0 Å². The second kappa shape index (κ2) is 10.3. The molecule has 1 aliphatic heterocycles. The fourth-order valence-corrected chi connectivity index (χ4v) is 3.51. The lowest BCUT2D eigenvalue weighted by molar-refractivity contribution is 0.0964. The first-order valence-corrected chi connectivity index (χ1v) is 10.2. The molecule has 0 unspecified atom stereocenters. The molecule has 0 saturated carbocycles. The number of Topliss-reactive ketones (excluding diaryl/α,β-unsaturated/α-hetero) is 1. The van der Waals surface area contributed by atoms with Gasteiger partial charge in [0.15, 0.2) is 5.78 Å². The molecule has 1 saturated heterocycles. The lowest BCUT2D eigenvalue weighted by atomic mass is 10.0. The zero-order valence-electron chi connectivity index (χ0n) is 17.5. The Morgan fingerprint density at radius 1 is 1.07 bits per heavy atom. The predicted molar refractivity (Wildman–Crippen MR) is 115 cm³/mol. The third kappa shape index (κ3) is 5.64. The second-order valence-electron chi connectivity index (χ2n) is 7.52. The van der Waals surface area contributed by atoms with E-state index in [1.165, 1.54) is 12.1 Å². The van der Waals surface area contributed by atoms with Gasteiger partial charge in [-0.15, -0.1) is 0 Å². The van der Waals surface area contributed by atoms with Gasteiger partial charge in [0.05, 0.1) is 18.4 Å². The Balaban J connectivity index is 1.63. The molecule has 0 atom stereocenters. The molecule has 0 bridgehead atoms. The van der Waals surface area contributed by atoms with E-state index in [2.05, 4.69) is 22.2 Å². The summed E-state index contributed by atoms with van der Waals surface area (Å²) in [5, 5.41) is 2.67. The molecule has 3 rings (SSSR count). The quantitative estimate of drug-likeness (QED) is 0.673. The van der Waals surface area contributed by atoms with Crippen molar-refractivity contribution in [1.29, 1.82) is 0 Å². The summed E-state index contributed by atoms with van der Waals surface area (Å²) in [6.45, 7) is 4.80. The predicted octanol–water partition coefficient (Wildman–Crippen LogP) is 3.30. The SMILES string of the molecule is COc1ccc(C(=O)Nc2cccc(F)c2C(=O)CCCN2CCN(C)CC2)cc1. The van der Waals surface area contributed by atoms with E-state index in [-0.39, 0.29) is 23.5 Å². The highest BCUT2D eigenvalue weighted by molar-refractivity contribution is 6.09. The van der Waals surface area contributed by atoms with Gasteiger partial charge < -0.3 is 19.9 Å². The molecule has 7 heteroatoms. The summed E-state index contributed by atoms with van der Waals surface area (Å²) in [5.74, 6) is -0.692. The molecule has 30 heavy (non-hydrogen) atoms. The van der Waals surface area contributed by atoms with Crippen molar-refractivity contribution in [3.05, 3.63) is 59.4 Å². The largest absolute Gasteiger partial charge is 0.497 e. The van der Waals surface area contributed by atoms with E-state index in [4.69, 9.17) is 4.74 Å². The Hall–Kier alpha value is -2.77. The zero-order chi connectivity index (χ0) is 21.5. The Bertz CT molecular complexity index is 878. The number of ketones is 1. The number of halogens is 1. The molecule has 1 aliphatic rings. The number of rotatable bonds is 8. The van der Waals surface area contributed by atoms with Gasteiger partial charge in [-0.25, -0.2) is 4.39 Å². The van der Waals surface area contributed by atoms with E-state index < -0.39 is 11.7 Å². The van der Waals surface area contributed by atoms with Crippen LogP contribution < -0.4 is 10.1 Å². The molecular weight excluding hydrogens is 385 g/mol. The van der Waals surface area contributed by atoms with Crippen molar-refractivity contribution in [2.75, 3.05) is 52.2 Å². The van der Waals surface area contributed by atoms with Crippen molar-refractivity contribution < 1.29 is 18.7 Å². The highest BCUT2D eigenvalue weighted by Crippen LogP contribution is 2.23. The highest BCUT2D eigenvalue weighted by atomic mass is 19.1. The van der Waals surface area contributed by atoms with Crippen LogP contribution in [0, 0.1) is 5.82 Å². The van der Waals surface area contributed by atoms with E-state index in [0.29, 0.717) is 17.7 Å². The van der Waals surface area contributed by atoms with E-state index in [1.807, 2.05) is 0 Å². The van der Waals surface area contributed by atoms with E-state index in [0.717, 1.165) is 32.7 Å². The summed E-state index contributed by atoms with van der Waals surface area (Å²) in [7, 11) is 3.64. The van der Waals surface area contributed by atoms with Gasteiger partial charge in [0.1, 0.15) is 11.6 Å². The summed E-state index contributed by atoms with van der Waals surface area (Å²) < 4.78 is 19.6. The molecule has 1 heterocycles. The number of nitrogens with zero attached hydrogens (tertiary/aromatic N) is 2. The topological polar surface area (TPSA) is 61.9 Å². The van der Waals surface area contributed by atoms with Gasteiger partial charge in [-0.05, 0) is 56.4 Å². The fourth-order valence-electron chi connectivity index (χ4n) is 3.51. The fraction of sp³-hybridized carbons (Fsp3) is 0.391. The average molecular weight is 413 g/mol. The monoisotopic (exact) mass is 413 g/mol. The smallest absolute Gasteiger partial charge is 0.255 e. The zero-order valence-corrected chi connectivity index (χ0v) is 17.5. The lowest BCUT2D eigenvalue weighted by Gasteiger charge is -2.32. The Labute approximate surface area is 176 Å². The van der Waals surface area contributed by atoms with Crippen molar-refractivity contribution in [3.8, 4) is 5.75 Å². The second-order valence-corrected chi connectivity index (χ2v) is 7.52. The minimum Gasteiger partial charge on any atom is -0.497 e. The van der Waals surface area contributed by atoms with Crippen molar-refractivity contribution >= 4 is 17.4 Å². The van der Waals surface area contributed by atoms with Crippen LogP contribution in [0.25, 0.3) is 0 Å². The van der Waals surface area contributed by atoms with Crippen LogP contribution in [0.4, 0.5) is 10.1 Å². The minimum atomic E-state index is -0.618. The molecule has 2 aromatic carbocycles. The average Bonchev–Trinajstić information content (AvgIpc) is 2.75. The third-order valence-corrected chi connectivity index (χ3v) is 5.37. The Morgan fingerprint density at radius 3 is 2.43 bits per heavy atom. The van der Waals surface area contributed by atoms with Crippen molar-refractivity contribution in [2.24, 2.45) is 0 Å². The maximum atomic E-state index is 14.5. The summed E-state index contributed by atoms with van der Waals surface area (Å²) in [6.07, 6.45) is 0.890. The van der Waals surface area contributed by atoms with Gasteiger partial charge in [0.2, 0.25) is 0 Å². The summed E-state index contributed by atoms with van der Waals surface area (Å²) in [5.41, 5.74) is 0.534. The molecule has 0 radical (unpaired) electrons. The molecule has 0 aliphatic carbocycles. The number of likely N-dealkylation sites (N-methyl/N-ethyl adjacent to an activating group) is 1. The number of carbonyl (C=O) groups is 2. The van der Waals surface area contributed by atoms with E-state index in [1.54, 1.807) is 37.4 Å². The first-order chi connectivity index (χ1) is 14.5. The van der Waals surface area contributed by atoms with Crippen molar-refractivity contribution in [3.63, 3.8) is 0 Å². The minimum absolute atomic E-state index is 0.0576. The van der Waals surface area contributed by atoms with Crippen LogP contribution in [0.15, 0.2) is 42.5 Å². The number of methoxy groups -OCH3 is 1. The number of nitrogens with one attached hydrogen (secondary N) is 1. The first kappa shape index (κ1) is 21.9. The number of benzene rings is 2. The number of amides is 1. The van der Waals surface area contributed by atoms with Gasteiger partial charge in [-0.2, -0.15) is 0 Å². The molecule has 1 N–H and O–H groups in total. The van der Waals surface area contributed by atoms with Gasteiger partial charge in [-0.1, -0.05) is 6.07 Å². The number of piperazine rings is 1. The molecule has 0 spiro atoms. The van der Waals surface area contributed by atoms with Crippen LogP contribution in [0.2, 0.25) is 0 Å². The number of hydrogen-bond donors (Lipinski definition) is 1. The van der Waals surface area contributed by atoms with Gasteiger partial charge >= 0.3 is 0 Å². The molecular formula is C23H28FN3O3. The number of hydrogen-bond acceptors (Lipinski definition) is 5. The van der Waals surface area contributed by atoms with Gasteiger partial charge in [0.25, 0.3) is 5.91 Å². The normalized spacial score (nSPS) is 15.0. The van der Waals surface area contributed by atoms with Gasteiger partial charge in [0, 0.05) is 38.2 Å². The number of anilines is 1. The molecule has 2 aromatic rings. The van der Waals surface area contributed by atoms with Gasteiger partial charge in [-0.3, -0.25) is 9.59 Å². The Kier molecular flexibility index (Phi) is 7.54. The van der Waals surface area contributed by atoms with Crippen LogP contribution in [-0.4, -0.2) is 68.4 Å². The van der Waals surface area contributed by atoms with Crippen LogP contribution in [0.1, 0.15) is 33.6 Å². The van der Waals surface area contributed by atoms with E-state index >= 15 is 0 Å². The lowest BCUT2D eigenvalue weighted by Crippen LogP contribution is -2.44. The maximum Gasteiger partial charge on any atom is 0.255 e. The standard InChI is InChI=1S/C23H28FN3O3/c1-26-13-15-27(16-14-26)12-4-7-21(28)22-19(24)5-3-6-20(22)25-23(29)17-8-10-18(30-2)11-9-17/h3,5-6,8-11H,4,7,12-16H2,1-2H3,(H,25,29). The van der Waals surface area contributed by atoms with Crippen LogP contribution in [0.3, 0.4) is 0 Å². The number of carbonyl (C=O) groups excluding carboxylic acids is 2. The van der Waals surface area contributed by atoms with Crippen LogP contribution in [0.5, 0.6) is 5.75 Å².